The van der Waals surface area contributed by atoms with E-state index in [4.69, 9.17) is 28.4 Å². The van der Waals surface area contributed by atoms with E-state index >= 15 is 0 Å². The third-order valence-electron chi connectivity index (χ3n) is 13.1. The minimum absolute atomic E-state index is 0.173. The van der Waals surface area contributed by atoms with Gasteiger partial charge in [0.2, 0.25) is 0 Å². The molecule has 390 valence electrons. The Labute approximate surface area is 398 Å². The van der Waals surface area contributed by atoms with Gasteiger partial charge in [-0.25, -0.2) is 0 Å². The standard InChI is InChI=1S/C51H96O15/c1-3-5-7-9-11-13-15-17-19-21-23-25-27-29-31-33-42(53)61-36-39(64-43(54)34-32-30-28-26-24-22-20-18-16-14-12-10-8-6-4-2)37-62-50-49(60)47(58)45(56)41(66-50)38-63-51-48(59)46(57)44(55)40(35-52)65-51/h39-41,44-52,55-60H,3-38H2,1-2H3/t39-,40-,41-,44+,45+,46?,47?,48?,49?,50-,51+/m1/s1. The van der Waals surface area contributed by atoms with Crippen LogP contribution in [0.25, 0.3) is 0 Å². The van der Waals surface area contributed by atoms with Crippen LogP contribution in [0.15, 0.2) is 0 Å². The van der Waals surface area contributed by atoms with Gasteiger partial charge in [-0.1, -0.05) is 194 Å². The number of hydrogen-bond acceptors (Lipinski definition) is 15. The van der Waals surface area contributed by atoms with Gasteiger partial charge in [-0.3, -0.25) is 9.59 Å². The fourth-order valence-corrected chi connectivity index (χ4v) is 8.69. The SMILES string of the molecule is CCCCCCCCCCCCCCCCCC(=O)OC[C@H](CO[C@@H]1O[C@H](CO[C@H]2O[C@H](CO)[C@H](O)C(O)C2O)[C@H](O)C(O)C1O)OC(=O)CCCCCCCCCCCCCCCCC. The number of esters is 2. The maximum Gasteiger partial charge on any atom is 0.306 e. The van der Waals surface area contributed by atoms with E-state index in [-0.39, 0.29) is 26.1 Å². The zero-order valence-electron chi connectivity index (χ0n) is 41.2. The van der Waals surface area contributed by atoms with Crippen molar-refractivity contribution >= 4 is 11.9 Å². The highest BCUT2D eigenvalue weighted by Crippen LogP contribution is 2.27. The second-order valence-corrected chi connectivity index (χ2v) is 19.1. The normalized spacial score (nSPS) is 26.1. The van der Waals surface area contributed by atoms with Crippen molar-refractivity contribution in [3.63, 3.8) is 0 Å². The summed E-state index contributed by atoms with van der Waals surface area (Å²) >= 11 is 0. The fraction of sp³-hybridized carbons (Fsp3) is 0.961. The van der Waals surface area contributed by atoms with E-state index < -0.39 is 92.7 Å². The largest absolute Gasteiger partial charge is 0.462 e. The van der Waals surface area contributed by atoms with Crippen LogP contribution < -0.4 is 0 Å². The molecule has 0 spiro atoms. The fourth-order valence-electron chi connectivity index (χ4n) is 8.69. The topological polar surface area (TPSA) is 231 Å². The number of carbonyl (C=O) groups is 2. The van der Waals surface area contributed by atoms with Crippen LogP contribution in [0, 0.1) is 0 Å². The first-order chi connectivity index (χ1) is 32.0. The van der Waals surface area contributed by atoms with Crippen molar-refractivity contribution in [2.45, 2.75) is 287 Å². The Kier molecular flexibility index (Phi) is 36.0. The molecule has 2 aliphatic rings. The van der Waals surface area contributed by atoms with Gasteiger partial charge in [0.05, 0.1) is 19.8 Å². The zero-order valence-corrected chi connectivity index (χ0v) is 41.2. The lowest BCUT2D eigenvalue weighted by Crippen LogP contribution is -2.61. The molecule has 0 aromatic heterocycles. The molecule has 0 aromatic carbocycles. The highest BCUT2D eigenvalue weighted by atomic mass is 16.7. The van der Waals surface area contributed by atoms with Crippen molar-refractivity contribution in [3.8, 4) is 0 Å². The van der Waals surface area contributed by atoms with Gasteiger partial charge in [-0.05, 0) is 12.8 Å². The summed E-state index contributed by atoms with van der Waals surface area (Å²) in [5.74, 6) is -0.908. The summed E-state index contributed by atoms with van der Waals surface area (Å²) < 4.78 is 33.6. The van der Waals surface area contributed by atoms with Gasteiger partial charge in [0.1, 0.15) is 55.4 Å². The molecule has 15 nitrogen and oxygen atoms in total. The Bertz CT molecular complexity index is 1160. The highest BCUT2D eigenvalue weighted by molar-refractivity contribution is 5.70. The first kappa shape index (κ1) is 60.6. The smallest absolute Gasteiger partial charge is 0.306 e. The van der Waals surface area contributed by atoms with Crippen molar-refractivity contribution in [3.05, 3.63) is 0 Å². The number of rotatable bonds is 42. The summed E-state index contributed by atoms with van der Waals surface area (Å²) in [6, 6.07) is 0. The average Bonchev–Trinajstić information content (AvgIpc) is 3.31. The summed E-state index contributed by atoms with van der Waals surface area (Å²) in [6.07, 6.45) is 19.8. The first-order valence-corrected chi connectivity index (χ1v) is 26.6. The summed E-state index contributed by atoms with van der Waals surface area (Å²) in [5.41, 5.74) is 0. The van der Waals surface area contributed by atoms with E-state index in [0.717, 1.165) is 38.5 Å². The lowest BCUT2D eigenvalue weighted by atomic mass is 9.98. The summed E-state index contributed by atoms with van der Waals surface area (Å²) in [6.45, 7) is 2.63. The van der Waals surface area contributed by atoms with Crippen molar-refractivity contribution in [2.24, 2.45) is 0 Å². The quantitative estimate of drug-likeness (QED) is 0.0231. The van der Waals surface area contributed by atoms with E-state index in [9.17, 15) is 45.3 Å². The molecule has 2 aliphatic heterocycles. The van der Waals surface area contributed by atoms with Gasteiger partial charge in [-0.15, -0.1) is 0 Å². The Balaban J connectivity index is 1.79. The van der Waals surface area contributed by atoms with Crippen molar-refractivity contribution in [1.29, 1.82) is 0 Å². The number of carbonyl (C=O) groups excluding carboxylic acids is 2. The average molecular weight is 949 g/mol. The molecule has 0 bridgehead atoms. The maximum absolute atomic E-state index is 13.0. The second kappa shape index (κ2) is 39.2. The van der Waals surface area contributed by atoms with Crippen LogP contribution in [0.4, 0.5) is 0 Å². The van der Waals surface area contributed by atoms with Gasteiger partial charge in [0.15, 0.2) is 18.7 Å². The number of unbranched alkanes of at least 4 members (excludes halogenated alkanes) is 28. The van der Waals surface area contributed by atoms with Crippen molar-refractivity contribution in [1.82, 2.24) is 0 Å². The van der Waals surface area contributed by atoms with Crippen molar-refractivity contribution in [2.75, 3.05) is 26.4 Å². The summed E-state index contributed by atoms with van der Waals surface area (Å²) in [5, 5.41) is 72.1. The maximum atomic E-state index is 13.0. The summed E-state index contributed by atoms with van der Waals surface area (Å²) in [4.78, 5) is 25.8. The molecular formula is C51H96O15. The molecule has 7 N–H and O–H groups in total. The molecule has 2 rings (SSSR count). The monoisotopic (exact) mass is 949 g/mol. The zero-order chi connectivity index (χ0) is 48.2. The van der Waals surface area contributed by atoms with Crippen LogP contribution in [-0.2, 0) is 38.0 Å². The Morgan fingerprint density at radius 3 is 1.18 bits per heavy atom. The molecule has 15 heteroatoms. The predicted octanol–water partition coefficient (Wildman–Crippen LogP) is 7.61. The summed E-state index contributed by atoms with van der Waals surface area (Å²) in [7, 11) is 0. The molecular weight excluding hydrogens is 853 g/mol. The molecule has 2 fully saturated rings. The third-order valence-corrected chi connectivity index (χ3v) is 13.1. The van der Waals surface area contributed by atoms with E-state index in [2.05, 4.69) is 13.8 Å². The van der Waals surface area contributed by atoms with Gasteiger partial charge < -0.3 is 64.2 Å². The van der Waals surface area contributed by atoms with E-state index in [1.54, 1.807) is 0 Å². The van der Waals surface area contributed by atoms with E-state index in [1.165, 1.54) is 141 Å². The number of aliphatic hydroxyl groups excluding tert-OH is 7. The number of ether oxygens (including phenoxy) is 6. The third kappa shape index (κ3) is 27.0. The van der Waals surface area contributed by atoms with Crippen LogP contribution in [0.3, 0.4) is 0 Å². The molecule has 0 aromatic rings. The molecule has 11 atom stereocenters. The molecule has 0 saturated carbocycles. The number of hydrogen-bond donors (Lipinski definition) is 7. The molecule has 0 radical (unpaired) electrons. The highest BCUT2D eigenvalue weighted by Gasteiger charge is 2.47. The molecule has 66 heavy (non-hydrogen) atoms. The van der Waals surface area contributed by atoms with Gasteiger partial charge in [-0.2, -0.15) is 0 Å². The molecule has 2 heterocycles. The minimum Gasteiger partial charge on any atom is -0.462 e. The van der Waals surface area contributed by atoms with Crippen LogP contribution in [0.2, 0.25) is 0 Å². The van der Waals surface area contributed by atoms with E-state index in [0.29, 0.717) is 12.8 Å². The van der Waals surface area contributed by atoms with Gasteiger partial charge >= 0.3 is 11.9 Å². The Morgan fingerprint density at radius 1 is 0.424 bits per heavy atom. The number of aliphatic hydroxyl groups is 7. The van der Waals surface area contributed by atoms with Crippen LogP contribution >= 0.6 is 0 Å². The van der Waals surface area contributed by atoms with Gasteiger partial charge in [0.25, 0.3) is 0 Å². The molecule has 0 aliphatic carbocycles. The molecule has 2 saturated heterocycles. The second-order valence-electron chi connectivity index (χ2n) is 19.1. The van der Waals surface area contributed by atoms with Crippen LogP contribution in [0.1, 0.15) is 219 Å². The lowest BCUT2D eigenvalue weighted by Gasteiger charge is -2.42. The molecule has 0 amide bonds. The van der Waals surface area contributed by atoms with Crippen LogP contribution in [0.5, 0.6) is 0 Å². The Morgan fingerprint density at radius 2 is 0.773 bits per heavy atom. The molecule has 4 unspecified atom stereocenters. The van der Waals surface area contributed by atoms with E-state index in [1.807, 2.05) is 0 Å². The Hall–Kier alpha value is -1.50. The van der Waals surface area contributed by atoms with Crippen molar-refractivity contribution < 1.29 is 73.8 Å². The first-order valence-electron chi connectivity index (χ1n) is 26.6. The van der Waals surface area contributed by atoms with Gasteiger partial charge in [0, 0.05) is 12.8 Å². The minimum atomic E-state index is -1.76. The lowest BCUT2D eigenvalue weighted by molar-refractivity contribution is -0.332. The van der Waals surface area contributed by atoms with Crippen LogP contribution in [-0.4, -0.2) is 142 Å². The predicted molar refractivity (Wildman–Crippen MR) is 252 cm³/mol.